The summed E-state index contributed by atoms with van der Waals surface area (Å²) >= 11 is 0. The van der Waals surface area contributed by atoms with Crippen molar-refractivity contribution in [3.63, 3.8) is 0 Å². The number of aliphatic imine (C=N–C) groups is 1. The summed E-state index contributed by atoms with van der Waals surface area (Å²) in [7, 11) is 0. The lowest BCUT2D eigenvalue weighted by Gasteiger charge is -2.21. The van der Waals surface area contributed by atoms with Crippen LogP contribution in [0.15, 0.2) is 65.0 Å². The van der Waals surface area contributed by atoms with E-state index in [1.807, 2.05) is 6.08 Å². The van der Waals surface area contributed by atoms with Gasteiger partial charge in [0.05, 0.1) is 6.04 Å². The Labute approximate surface area is 171 Å². The summed E-state index contributed by atoms with van der Waals surface area (Å²) in [5.41, 5.74) is 3.24. The Morgan fingerprint density at radius 1 is 1.28 bits per heavy atom. The zero-order chi connectivity index (χ0) is 20.1. The van der Waals surface area contributed by atoms with Gasteiger partial charge in [0.1, 0.15) is 11.6 Å². The van der Waals surface area contributed by atoms with Gasteiger partial charge >= 0.3 is 0 Å². The average Bonchev–Trinajstić information content (AvgIpc) is 2.75. The van der Waals surface area contributed by atoms with Crippen LogP contribution in [0, 0.1) is 5.92 Å². The fourth-order valence-corrected chi connectivity index (χ4v) is 3.87. The number of nitrogens with one attached hydrogen (secondary N) is 1. The lowest BCUT2D eigenvalue weighted by Crippen LogP contribution is -2.19. The summed E-state index contributed by atoms with van der Waals surface area (Å²) < 4.78 is 13.4. The standard InChI is InChI=1S/C24H26FN3O/c25-20-9-12-23-19(15-20)14-17(16-27-23)7-11-22(29)6-2-1-5-21-10-8-18-4-3-13-26-24(18)28-21/h7-12,14-16,19,23H,1-6,13H2,(H,26,28)/b11-7+. The summed E-state index contributed by atoms with van der Waals surface area (Å²) in [4.78, 5) is 21.3. The van der Waals surface area contributed by atoms with Crippen LogP contribution in [0.3, 0.4) is 0 Å². The Morgan fingerprint density at radius 2 is 2.21 bits per heavy atom. The highest BCUT2D eigenvalue weighted by Gasteiger charge is 2.21. The summed E-state index contributed by atoms with van der Waals surface area (Å²) in [5, 5.41) is 3.36. The number of anilines is 1. The van der Waals surface area contributed by atoms with Crippen molar-refractivity contribution in [2.75, 3.05) is 11.9 Å². The van der Waals surface area contributed by atoms with Crippen LogP contribution >= 0.6 is 0 Å². The number of aryl methyl sites for hydroxylation is 2. The number of fused-ring (bicyclic) bond motifs is 2. The smallest absolute Gasteiger partial charge is 0.155 e. The van der Waals surface area contributed by atoms with Gasteiger partial charge < -0.3 is 5.32 Å². The molecular weight excluding hydrogens is 365 g/mol. The van der Waals surface area contributed by atoms with Crippen LogP contribution in [0.2, 0.25) is 0 Å². The largest absolute Gasteiger partial charge is 0.370 e. The number of carbonyl (C=O) groups excluding carboxylic acids is 1. The van der Waals surface area contributed by atoms with Crippen LogP contribution in [-0.4, -0.2) is 29.6 Å². The van der Waals surface area contributed by atoms with E-state index >= 15 is 0 Å². The van der Waals surface area contributed by atoms with Crippen LogP contribution in [0.1, 0.15) is 36.9 Å². The number of aromatic nitrogens is 1. The number of unbranched alkanes of at least 4 members (excludes halogenated alkanes) is 1. The molecule has 1 aromatic rings. The Kier molecular flexibility index (Phi) is 6.13. The van der Waals surface area contributed by atoms with Crippen molar-refractivity contribution in [3.8, 4) is 0 Å². The molecule has 0 saturated carbocycles. The number of ketones is 1. The zero-order valence-electron chi connectivity index (χ0n) is 16.5. The number of dihydropyridines is 1. The molecule has 2 unspecified atom stereocenters. The quantitative estimate of drug-likeness (QED) is 0.542. The van der Waals surface area contributed by atoms with E-state index in [2.05, 4.69) is 22.4 Å². The molecule has 1 aliphatic carbocycles. The second-order valence-electron chi connectivity index (χ2n) is 7.77. The molecule has 5 heteroatoms. The van der Waals surface area contributed by atoms with Crippen LogP contribution in [-0.2, 0) is 17.6 Å². The first-order valence-electron chi connectivity index (χ1n) is 10.4. The molecule has 1 N–H and O–H groups in total. The highest BCUT2D eigenvalue weighted by Crippen LogP contribution is 2.26. The van der Waals surface area contributed by atoms with Gasteiger partial charge in [0.25, 0.3) is 0 Å². The molecule has 0 radical (unpaired) electrons. The maximum absolute atomic E-state index is 13.4. The fraction of sp³-hybridized carbons (Fsp3) is 0.375. The summed E-state index contributed by atoms with van der Waals surface area (Å²) in [6.07, 6.45) is 17.3. The molecule has 2 atom stereocenters. The van der Waals surface area contributed by atoms with Crippen LogP contribution in [0.25, 0.3) is 0 Å². The van der Waals surface area contributed by atoms with E-state index in [-0.39, 0.29) is 23.6 Å². The van der Waals surface area contributed by atoms with Gasteiger partial charge in [-0.25, -0.2) is 9.37 Å². The summed E-state index contributed by atoms with van der Waals surface area (Å²) in [6, 6.07) is 4.24. The molecule has 2 aliphatic heterocycles. The molecule has 0 bridgehead atoms. The zero-order valence-corrected chi connectivity index (χ0v) is 16.5. The maximum Gasteiger partial charge on any atom is 0.155 e. The Morgan fingerprint density at radius 3 is 3.14 bits per heavy atom. The van der Waals surface area contributed by atoms with Crippen molar-refractivity contribution in [1.82, 2.24) is 4.98 Å². The maximum atomic E-state index is 13.4. The minimum Gasteiger partial charge on any atom is -0.370 e. The van der Waals surface area contributed by atoms with Crippen LogP contribution < -0.4 is 5.32 Å². The number of carbonyl (C=O) groups is 1. The second-order valence-corrected chi connectivity index (χ2v) is 7.77. The number of allylic oxidation sites excluding steroid dienone is 5. The Hall–Kier alpha value is -2.82. The molecule has 0 spiro atoms. The van der Waals surface area contributed by atoms with Gasteiger partial charge in [-0.15, -0.1) is 0 Å². The SMILES string of the molecule is O=C(/C=C/C1=CC2C=C(F)C=CC2N=C1)CCCCc1ccc2c(n1)NCCC2. The summed E-state index contributed by atoms with van der Waals surface area (Å²) in [6.45, 7) is 0.995. The predicted molar refractivity (Wildman–Crippen MR) is 115 cm³/mol. The summed E-state index contributed by atoms with van der Waals surface area (Å²) in [5.74, 6) is 0.828. The van der Waals surface area contributed by atoms with E-state index in [1.165, 1.54) is 11.6 Å². The van der Waals surface area contributed by atoms with Gasteiger partial charge in [0, 0.05) is 30.8 Å². The number of nitrogens with zero attached hydrogens (tertiary/aromatic N) is 2. The topological polar surface area (TPSA) is 54.4 Å². The normalized spacial score (nSPS) is 22.5. The Bertz CT molecular complexity index is 926. The highest BCUT2D eigenvalue weighted by molar-refractivity contribution is 5.93. The van der Waals surface area contributed by atoms with Gasteiger partial charge in [-0.2, -0.15) is 0 Å². The molecule has 3 heterocycles. The predicted octanol–water partition coefficient (Wildman–Crippen LogP) is 4.70. The number of pyridine rings is 1. The molecule has 3 aliphatic rings. The van der Waals surface area contributed by atoms with E-state index in [4.69, 9.17) is 4.98 Å². The first-order chi connectivity index (χ1) is 14.2. The molecule has 4 rings (SSSR count). The highest BCUT2D eigenvalue weighted by atomic mass is 19.1. The lowest BCUT2D eigenvalue weighted by molar-refractivity contribution is -0.114. The van der Waals surface area contributed by atoms with E-state index in [9.17, 15) is 9.18 Å². The van der Waals surface area contributed by atoms with Gasteiger partial charge in [0.2, 0.25) is 0 Å². The van der Waals surface area contributed by atoms with Crippen LogP contribution in [0.5, 0.6) is 0 Å². The molecule has 0 saturated heterocycles. The number of hydrogen-bond acceptors (Lipinski definition) is 4. The first-order valence-corrected chi connectivity index (χ1v) is 10.4. The minimum atomic E-state index is -0.233. The third kappa shape index (κ3) is 5.17. The van der Waals surface area contributed by atoms with Crippen molar-refractivity contribution < 1.29 is 9.18 Å². The molecular formula is C24H26FN3O. The number of hydrogen-bond donors (Lipinski definition) is 1. The monoisotopic (exact) mass is 391 g/mol. The molecule has 0 fully saturated rings. The van der Waals surface area contributed by atoms with Crippen molar-refractivity contribution >= 4 is 17.8 Å². The minimum absolute atomic E-state index is 0.0326. The van der Waals surface area contributed by atoms with Crippen molar-refractivity contribution in [3.05, 3.63) is 71.2 Å². The van der Waals surface area contributed by atoms with E-state index < -0.39 is 0 Å². The molecule has 0 amide bonds. The third-order valence-electron chi connectivity index (χ3n) is 5.50. The van der Waals surface area contributed by atoms with Gasteiger partial charge in [-0.3, -0.25) is 9.79 Å². The van der Waals surface area contributed by atoms with Crippen LogP contribution in [0.4, 0.5) is 10.2 Å². The number of halogens is 1. The van der Waals surface area contributed by atoms with Crippen molar-refractivity contribution in [2.24, 2.45) is 10.9 Å². The number of rotatable bonds is 7. The van der Waals surface area contributed by atoms with Crippen molar-refractivity contribution in [1.29, 1.82) is 0 Å². The Balaban J connectivity index is 1.21. The first kappa shape index (κ1) is 19.5. The van der Waals surface area contributed by atoms with Gasteiger partial charge in [-0.1, -0.05) is 24.3 Å². The fourth-order valence-electron chi connectivity index (χ4n) is 3.87. The lowest BCUT2D eigenvalue weighted by atomic mass is 9.91. The van der Waals surface area contributed by atoms with Crippen molar-refractivity contribution in [2.45, 2.75) is 44.6 Å². The van der Waals surface area contributed by atoms with E-state index in [0.717, 1.165) is 55.7 Å². The third-order valence-corrected chi connectivity index (χ3v) is 5.50. The van der Waals surface area contributed by atoms with E-state index in [1.54, 1.807) is 30.5 Å². The average molecular weight is 391 g/mol. The van der Waals surface area contributed by atoms with Gasteiger partial charge in [-0.05, 0) is 67.5 Å². The molecule has 0 aromatic carbocycles. The van der Waals surface area contributed by atoms with Gasteiger partial charge in [0.15, 0.2) is 5.78 Å². The second kappa shape index (κ2) is 9.12. The molecule has 1 aromatic heterocycles. The molecule has 29 heavy (non-hydrogen) atoms. The molecule has 4 nitrogen and oxygen atoms in total. The molecule has 150 valence electrons. The van der Waals surface area contributed by atoms with E-state index in [0.29, 0.717) is 6.42 Å².